The number of fused-ring (bicyclic) bond motifs is 1. The van der Waals surface area contributed by atoms with Crippen molar-refractivity contribution in [3.63, 3.8) is 0 Å². The number of aromatic carboxylic acids is 1. The molecule has 10 heteroatoms. The molecule has 0 radical (unpaired) electrons. The number of benzene rings is 1. The second-order valence-electron chi connectivity index (χ2n) is 7.42. The first kappa shape index (κ1) is 19.3. The molecule has 8 nitrogen and oxygen atoms in total. The zero-order chi connectivity index (χ0) is 20.9. The minimum absolute atomic E-state index is 0.0942. The summed E-state index contributed by atoms with van der Waals surface area (Å²) in [6.07, 6.45) is 3.04. The quantitative estimate of drug-likeness (QED) is 0.750. The highest BCUT2D eigenvalue weighted by Crippen LogP contribution is 2.39. The van der Waals surface area contributed by atoms with Crippen molar-refractivity contribution in [1.82, 2.24) is 4.57 Å². The van der Waals surface area contributed by atoms with Crippen LogP contribution in [0.5, 0.6) is 0 Å². The lowest BCUT2D eigenvalue weighted by Gasteiger charge is -2.33. The summed E-state index contributed by atoms with van der Waals surface area (Å²) >= 11 is 0. The van der Waals surface area contributed by atoms with Crippen molar-refractivity contribution in [2.24, 2.45) is 10.9 Å². The first-order valence-electron chi connectivity index (χ1n) is 9.21. The summed E-state index contributed by atoms with van der Waals surface area (Å²) in [7, 11) is 1.38. The summed E-state index contributed by atoms with van der Waals surface area (Å²) < 4.78 is 32.0. The second kappa shape index (κ2) is 7.11. The van der Waals surface area contributed by atoms with Crippen LogP contribution in [0.4, 0.5) is 14.5 Å². The van der Waals surface area contributed by atoms with Gasteiger partial charge in [-0.2, -0.15) is 0 Å². The minimum Gasteiger partial charge on any atom is -0.477 e. The molecule has 1 aromatic carbocycles. The highest BCUT2D eigenvalue weighted by molar-refractivity contribution is 5.95. The second-order valence-corrected chi connectivity index (χ2v) is 7.42. The van der Waals surface area contributed by atoms with Crippen LogP contribution in [0.1, 0.15) is 35.7 Å². The molecule has 2 aromatic rings. The Kier molecular flexibility index (Phi) is 4.73. The lowest BCUT2D eigenvalue weighted by atomic mass is 10.0. The number of rotatable bonds is 4. The van der Waals surface area contributed by atoms with Crippen LogP contribution in [0.25, 0.3) is 10.9 Å². The van der Waals surface area contributed by atoms with Gasteiger partial charge >= 0.3 is 5.97 Å². The molecule has 0 bridgehead atoms. The lowest BCUT2D eigenvalue weighted by Crippen LogP contribution is -2.48. The highest BCUT2D eigenvalue weighted by atomic mass is 19.1. The number of pyridine rings is 1. The Labute approximate surface area is 164 Å². The average molecular weight is 406 g/mol. The number of carbonyl (C=O) groups is 1. The molecule has 1 aromatic heterocycles. The van der Waals surface area contributed by atoms with Gasteiger partial charge in [0.05, 0.1) is 23.2 Å². The minimum atomic E-state index is -1.43. The van der Waals surface area contributed by atoms with Crippen molar-refractivity contribution < 1.29 is 23.5 Å². The van der Waals surface area contributed by atoms with Crippen molar-refractivity contribution in [3.05, 3.63) is 39.7 Å². The van der Waals surface area contributed by atoms with E-state index in [0.717, 1.165) is 25.1 Å². The standard InChI is InChI=1S/C19H20F2N4O4/c1-29-23-10-4-9(22)6-24(7-10)17-14(20)5-12-16(15(17)21)25(11-2-3-11)8-13(18(12)26)19(27)28/h5,8-9,11H,2-4,6-7,22H2,1H3,(H,27,28)/b23-10+. The molecule has 0 amide bonds. The van der Waals surface area contributed by atoms with E-state index in [2.05, 4.69) is 5.16 Å². The summed E-state index contributed by atoms with van der Waals surface area (Å²) in [6, 6.07) is 0.389. The highest BCUT2D eigenvalue weighted by Gasteiger charge is 2.32. The third-order valence-corrected chi connectivity index (χ3v) is 5.22. The zero-order valence-corrected chi connectivity index (χ0v) is 15.7. The summed E-state index contributed by atoms with van der Waals surface area (Å²) in [6.45, 7) is 0.324. The number of nitrogens with zero attached hydrogens (tertiary/aromatic N) is 3. The van der Waals surface area contributed by atoms with Gasteiger partial charge in [-0.15, -0.1) is 0 Å². The predicted octanol–water partition coefficient (Wildman–Crippen LogP) is 1.85. The van der Waals surface area contributed by atoms with Gasteiger partial charge in [0.15, 0.2) is 5.82 Å². The molecule has 2 fully saturated rings. The molecule has 2 aliphatic rings. The van der Waals surface area contributed by atoms with Crippen LogP contribution in [0.2, 0.25) is 0 Å². The number of hydrogen-bond acceptors (Lipinski definition) is 6. The van der Waals surface area contributed by atoms with Gasteiger partial charge in [-0.25, -0.2) is 13.6 Å². The monoisotopic (exact) mass is 406 g/mol. The van der Waals surface area contributed by atoms with Crippen molar-refractivity contribution in [2.45, 2.75) is 31.3 Å². The molecule has 154 valence electrons. The lowest BCUT2D eigenvalue weighted by molar-refractivity contribution is 0.0694. The van der Waals surface area contributed by atoms with Crippen LogP contribution in [0, 0.1) is 11.6 Å². The van der Waals surface area contributed by atoms with E-state index in [4.69, 9.17) is 10.6 Å². The first-order valence-corrected chi connectivity index (χ1v) is 9.21. The van der Waals surface area contributed by atoms with E-state index in [-0.39, 0.29) is 35.7 Å². The van der Waals surface area contributed by atoms with Gasteiger partial charge in [0, 0.05) is 31.2 Å². The fraction of sp³-hybridized carbons (Fsp3) is 0.421. The van der Waals surface area contributed by atoms with E-state index in [9.17, 15) is 19.1 Å². The Hall–Kier alpha value is -3.01. The number of carboxylic acids is 1. The topological polar surface area (TPSA) is 110 Å². The Balaban J connectivity index is 1.94. The summed E-state index contributed by atoms with van der Waals surface area (Å²) in [5.41, 5.74) is 4.74. The predicted molar refractivity (Wildman–Crippen MR) is 103 cm³/mol. The van der Waals surface area contributed by atoms with Gasteiger partial charge in [-0.1, -0.05) is 5.16 Å². The Morgan fingerprint density at radius 1 is 1.38 bits per heavy atom. The van der Waals surface area contributed by atoms with Crippen LogP contribution in [-0.4, -0.2) is 47.6 Å². The van der Waals surface area contributed by atoms with Crippen LogP contribution >= 0.6 is 0 Å². The number of halogens is 2. The first-order chi connectivity index (χ1) is 13.8. The third kappa shape index (κ3) is 3.33. The molecule has 0 spiro atoms. The number of carboxylic acid groups (broad SMARTS) is 1. The molecule has 2 heterocycles. The van der Waals surface area contributed by atoms with E-state index < -0.39 is 34.6 Å². The Morgan fingerprint density at radius 3 is 2.72 bits per heavy atom. The molecular weight excluding hydrogens is 386 g/mol. The number of oxime groups is 1. The fourth-order valence-corrected chi connectivity index (χ4v) is 3.88. The van der Waals surface area contributed by atoms with E-state index in [1.165, 1.54) is 16.6 Å². The van der Waals surface area contributed by atoms with Crippen molar-refractivity contribution >= 4 is 28.3 Å². The van der Waals surface area contributed by atoms with E-state index >= 15 is 4.39 Å². The van der Waals surface area contributed by atoms with E-state index in [1.54, 1.807) is 0 Å². The molecular formula is C19H20F2N4O4. The molecule has 1 aliphatic carbocycles. The van der Waals surface area contributed by atoms with Gasteiger partial charge in [-0.05, 0) is 18.9 Å². The number of nitrogens with two attached hydrogens (primary N) is 1. The van der Waals surface area contributed by atoms with E-state index in [1.807, 2.05) is 0 Å². The molecule has 1 saturated heterocycles. The zero-order valence-electron chi connectivity index (χ0n) is 15.7. The molecule has 4 rings (SSSR count). The summed E-state index contributed by atoms with van der Waals surface area (Å²) in [5.74, 6) is -3.30. The van der Waals surface area contributed by atoms with Crippen LogP contribution in [0.15, 0.2) is 22.2 Å². The van der Waals surface area contributed by atoms with Crippen molar-refractivity contribution in [1.29, 1.82) is 0 Å². The van der Waals surface area contributed by atoms with Crippen molar-refractivity contribution in [2.75, 3.05) is 25.1 Å². The number of anilines is 1. The maximum Gasteiger partial charge on any atom is 0.341 e. The van der Waals surface area contributed by atoms with Gasteiger partial charge in [-0.3, -0.25) is 4.79 Å². The van der Waals surface area contributed by atoms with E-state index in [0.29, 0.717) is 12.1 Å². The molecule has 1 aliphatic heterocycles. The molecule has 1 atom stereocenters. The maximum absolute atomic E-state index is 15.6. The van der Waals surface area contributed by atoms with Gasteiger partial charge in [0.1, 0.15) is 24.2 Å². The van der Waals surface area contributed by atoms with Crippen LogP contribution in [0.3, 0.4) is 0 Å². The molecule has 1 unspecified atom stereocenters. The summed E-state index contributed by atoms with van der Waals surface area (Å²) in [4.78, 5) is 30.2. The number of aromatic nitrogens is 1. The normalized spacial score (nSPS) is 21.0. The SMILES string of the molecule is CO/N=C1\CC(N)CN(c2c(F)cc3c(=O)c(C(=O)O)cn(C4CC4)c3c2F)C1. The molecule has 3 N–H and O–H groups in total. The smallest absolute Gasteiger partial charge is 0.341 e. The largest absolute Gasteiger partial charge is 0.477 e. The van der Waals surface area contributed by atoms with Gasteiger partial charge < -0.3 is 25.1 Å². The Morgan fingerprint density at radius 2 is 2.10 bits per heavy atom. The third-order valence-electron chi connectivity index (χ3n) is 5.22. The number of hydrogen-bond donors (Lipinski definition) is 2. The van der Waals surface area contributed by atoms with Crippen LogP contribution in [-0.2, 0) is 4.84 Å². The summed E-state index contributed by atoms with van der Waals surface area (Å²) in [5, 5.41) is 12.9. The molecule has 1 saturated carbocycles. The van der Waals surface area contributed by atoms with Gasteiger partial charge in [0.2, 0.25) is 5.43 Å². The maximum atomic E-state index is 15.6. The Bertz CT molecular complexity index is 1090. The fourth-order valence-electron chi connectivity index (χ4n) is 3.88. The number of piperidine rings is 1. The van der Waals surface area contributed by atoms with Crippen molar-refractivity contribution in [3.8, 4) is 0 Å². The average Bonchev–Trinajstić information content (AvgIpc) is 3.47. The van der Waals surface area contributed by atoms with Crippen LogP contribution < -0.4 is 16.1 Å². The molecule has 29 heavy (non-hydrogen) atoms. The van der Waals surface area contributed by atoms with Gasteiger partial charge in [0.25, 0.3) is 0 Å².